The quantitative estimate of drug-likeness (QED) is 0.910. The topological polar surface area (TPSA) is 35.8 Å². The lowest BCUT2D eigenvalue weighted by Crippen LogP contribution is -2.30. The Morgan fingerprint density at radius 2 is 2.25 bits per heavy atom. The first-order valence-corrected chi connectivity index (χ1v) is 6.46. The van der Waals surface area contributed by atoms with Crippen LogP contribution in [0.1, 0.15) is 31.7 Å². The molecule has 3 heteroatoms. The summed E-state index contributed by atoms with van der Waals surface area (Å²) in [4.78, 5) is 0. The maximum Gasteiger partial charge on any atom is 0.0992 e. The molecule has 1 aliphatic rings. The highest BCUT2D eigenvalue weighted by Crippen LogP contribution is 2.32. The minimum Gasteiger partial charge on any atom is -0.381 e. The number of hydrogen-bond acceptors (Lipinski definition) is 2. The van der Waals surface area contributed by atoms with Crippen LogP contribution in [0.3, 0.4) is 0 Å². The van der Waals surface area contributed by atoms with E-state index in [4.69, 9.17) is 5.26 Å². The van der Waals surface area contributed by atoms with E-state index >= 15 is 0 Å². The Morgan fingerprint density at radius 1 is 1.50 bits per heavy atom. The van der Waals surface area contributed by atoms with E-state index < -0.39 is 0 Å². The summed E-state index contributed by atoms with van der Waals surface area (Å²) in [6, 6.07) is 8.32. The lowest BCUT2D eigenvalue weighted by Gasteiger charge is -2.32. The maximum absolute atomic E-state index is 8.78. The summed E-state index contributed by atoms with van der Waals surface area (Å²) in [7, 11) is 0. The molecular formula is C13H15BrN2. The van der Waals surface area contributed by atoms with Crippen molar-refractivity contribution >= 4 is 21.6 Å². The lowest BCUT2D eigenvalue weighted by molar-refractivity contribution is 0.285. The van der Waals surface area contributed by atoms with Gasteiger partial charge in [-0.1, -0.05) is 6.42 Å². The van der Waals surface area contributed by atoms with Gasteiger partial charge in [-0.2, -0.15) is 5.26 Å². The molecule has 84 valence electrons. The molecule has 2 nitrogen and oxygen atoms in total. The van der Waals surface area contributed by atoms with Gasteiger partial charge in [-0.15, -0.1) is 0 Å². The number of benzene rings is 1. The van der Waals surface area contributed by atoms with Crippen molar-refractivity contribution in [1.82, 2.24) is 0 Å². The first kappa shape index (κ1) is 11.5. The molecule has 1 unspecified atom stereocenters. The molecule has 1 aliphatic carbocycles. The summed E-state index contributed by atoms with van der Waals surface area (Å²) in [6.07, 6.45) is 4.04. The molecule has 1 atom stereocenters. The number of hydrogen-bond donors (Lipinski definition) is 1. The molecule has 1 aromatic carbocycles. The van der Waals surface area contributed by atoms with E-state index in [2.05, 4.69) is 34.2 Å². The zero-order valence-corrected chi connectivity index (χ0v) is 10.9. The van der Waals surface area contributed by atoms with E-state index in [1.807, 2.05) is 18.2 Å². The van der Waals surface area contributed by atoms with Gasteiger partial charge in [0, 0.05) is 16.2 Å². The van der Waals surface area contributed by atoms with Gasteiger partial charge in [0.1, 0.15) is 0 Å². The average molecular weight is 279 g/mol. The van der Waals surface area contributed by atoms with Crippen molar-refractivity contribution in [3.8, 4) is 6.07 Å². The van der Waals surface area contributed by atoms with Gasteiger partial charge in [-0.25, -0.2) is 0 Å². The van der Waals surface area contributed by atoms with Crippen LogP contribution in [-0.2, 0) is 0 Å². The zero-order valence-electron chi connectivity index (χ0n) is 9.33. The molecule has 1 aromatic rings. The van der Waals surface area contributed by atoms with Crippen LogP contribution < -0.4 is 5.32 Å². The monoisotopic (exact) mass is 278 g/mol. The van der Waals surface area contributed by atoms with Crippen molar-refractivity contribution in [1.29, 1.82) is 5.26 Å². The van der Waals surface area contributed by atoms with E-state index in [9.17, 15) is 0 Å². The molecule has 2 rings (SSSR count). The minimum absolute atomic E-state index is 0.512. The van der Waals surface area contributed by atoms with Crippen LogP contribution >= 0.6 is 15.9 Å². The number of nitrogens with zero attached hydrogens (tertiary/aromatic N) is 1. The Labute approximate surface area is 105 Å². The highest BCUT2D eigenvalue weighted by molar-refractivity contribution is 9.10. The van der Waals surface area contributed by atoms with Gasteiger partial charge in [0.25, 0.3) is 0 Å². The van der Waals surface area contributed by atoms with Crippen LogP contribution in [-0.4, -0.2) is 6.04 Å². The Balaban J connectivity index is 2.06. The van der Waals surface area contributed by atoms with Crippen LogP contribution in [0.5, 0.6) is 0 Å². The third-order valence-electron chi connectivity index (χ3n) is 3.34. The van der Waals surface area contributed by atoms with Crippen molar-refractivity contribution in [2.24, 2.45) is 5.92 Å². The van der Waals surface area contributed by atoms with Crippen LogP contribution in [0.25, 0.3) is 0 Å². The molecule has 0 aromatic heterocycles. The van der Waals surface area contributed by atoms with Gasteiger partial charge in [-0.3, -0.25) is 0 Å². The predicted octanol–water partition coefficient (Wildman–Crippen LogP) is 3.92. The second-order valence-electron chi connectivity index (χ2n) is 4.43. The molecule has 0 amide bonds. The fraction of sp³-hybridized carbons (Fsp3) is 0.462. The third kappa shape index (κ3) is 2.38. The summed E-state index contributed by atoms with van der Waals surface area (Å²) in [5, 5.41) is 12.3. The summed E-state index contributed by atoms with van der Waals surface area (Å²) in [5.74, 6) is 0.808. The van der Waals surface area contributed by atoms with E-state index in [0.717, 1.165) is 16.1 Å². The van der Waals surface area contributed by atoms with E-state index in [1.165, 1.54) is 19.3 Å². The maximum atomic E-state index is 8.78. The molecule has 16 heavy (non-hydrogen) atoms. The molecule has 0 aliphatic heterocycles. The van der Waals surface area contributed by atoms with Crippen molar-refractivity contribution < 1.29 is 0 Å². The Kier molecular flexibility index (Phi) is 3.50. The van der Waals surface area contributed by atoms with Crippen LogP contribution in [0.2, 0.25) is 0 Å². The highest BCUT2D eigenvalue weighted by atomic mass is 79.9. The SMILES string of the molecule is CC(Nc1ccc(C#N)cc1Br)C1CCC1. The summed E-state index contributed by atoms with van der Waals surface area (Å²) in [6.45, 7) is 2.23. The average Bonchev–Trinajstić information content (AvgIpc) is 2.18. The van der Waals surface area contributed by atoms with Crippen molar-refractivity contribution in [3.05, 3.63) is 28.2 Å². The summed E-state index contributed by atoms with van der Waals surface area (Å²) in [5.41, 5.74) is 1.77. The number of anilines is 1. The van der Waals surface area contributed by atoms with Gasteiger partial charge < -0.3 is 5.32 Å². The van der Waals surface area contributed by atoms with Crippen LogP contribution in [0.15, 0.2) is 22.7 Å². The van der Waals surface area contributed by atoms with E-state index in [1.54, 1.807) is 0 Å². The fourth-order valence-electron chi connectivity index (χ4n) is 2.00. The standard InChI is InChI=1S/C13H15BrN2/c1-9(11-3-2-4-11)16-13-6-5-10(8-15)7-12(13)14/h5-7,9,11,16H,2-4H2,1H3. The van der Waals surface area contributed by atoms with Crippen molar-refractivity contribution in [2.75, 3.05) is 5.32 Å². The molecular weight excluding hydrogens is 264 g/mol. The predicted molar refractivity (Wildman–Crippen MR) is 69.3 cm³/mol. The zero-order chi connectivity index (χ0) is 11.5. The normalized spacial score (nSPS) is 17.3. The molecule has 0 spiro atoms. The molecule has 0 heterocycles. The van der Waals surface area contributed by atoms with Crippen LogP contribution in [0.4, 0.5) is 5.69 Å². The molecule has 0 bridgehead atoms. The number of halogens is 1. The molecule has 0 radical (unpaired) electrons. The second kappa shape index (κ2) is 4.88. The van der Waals surface area contributed by atoms with Gasteiger partial charge in [0.05, 0.1) is 11.6 Å². The second-order valence-corrected chi connectivity index (χ2v) is 5.28. The first-order chi connectivity index (χ1) is 7.70. The van der Waals surface area contributed by atoms with Gasteiger partial charge >= 0.3 is 0 Å². The first-order valence-electron chi connectivity index (χ1n) is 5.67. The van der Waals surface area contributed by atoms with Gasteiger partial charge in [0.2, 0.25) is 0 Å². The fourth-order valence-corrected chi connectivity index (χ4v) is 2.50. The van der Waals surface area contributed by atoms with Crippen molar-refractivity contribution in [2.45, 2.75) is 32.2 Å². The third-order valence-corrected chi connectivity index (χ3v) is 3.99. The molecule has 0 saturated heterocycles. The van der Waals surface area contributed by atoms with E-state index in [-0.39, 0.29) is 0 Å². The Bertz CT molecular complexity index is 418. The summed E-state index contributed by atoms with van der Waals surface area (Å²) < 4.78 is 0.970. The number of nitrogens with one attached hydrogen (secondary N) is 1. The van der Waals surface area contributed by atoms with Crippen molar-refractivity contribution in [3.63, 3.8) is 0 Å². The van der Waals surface area contributed by atoms with E-state index in [0.29, 0.717) is 11.6 Å². The minimum atomic E-state index is 0.512. The number of nitriles is 1. The summed E-state index contributed by atoms with van der Waals surface area (Å²) >= 11 is 3.49. The van der Waals surface area contributed by atoms with Crippen LogP contribution in [0, 0.1) is 17.2 Å². The molecule has 1 N–H and O–H groups in total. The lowest BCUT2D eigenvalue weighted by atomic mass is 9.80. The van der Waals surface area contributed by atoms with Gasteiger partial charge in [0.15, 0.2) is 0 Å². The Hall–Kier alpha value is -1.01. The Morgan fingerprint density at radius 3 is 2.75 bits per heavy atom. The van der Waals surface area contributed by atoms with Gasteiger partial charge in [-0.05, 0) is 59.8 Å². The number of rotatable bonds is 3. The molecule has 1 fully saturated rings. The highest BCUT2D eigenvalue weighted by Gasteiger charge is 2.23. The smallest absolute Gasteiger partial charge is 0.0992 e. The largest absolute Gasteiger partial charge is 0.381 e. The molecule has 1 saturated carbocycles.